The third-order valence-electron chi connectivity index (χ3n) is 3.86. The number of aliphatic imine (C=N–C) groups is 1. The highest BCUT2D eigenvalue weighted by molar-refractivity contribution is 5.82. The molecule has 0 aliphatic heterocycles. The zero-order valence-corrected chi connectivity index (χ0v) is 14.4. The van der Waals surface area contributed by atoms with Crippen LogP contribution in [0, 0.1) is 0 Å². The Morgan fingerprint density at radius 1 is 0.875 bits per heavy atom. The first kappa shape index (κ1) is 18.1. The average Bonchev–Trinajstić information content (AvgIpc) is 2.61. The van der Waals surface area contributed by atoms with Gasteiger partial charge in [-0.05, 0) is 60.5 Å². The van der Waals surface area contributed by atoms with Crippen molar-refractivity contribution in [1.82, 2.24) is 0 Å². The molecule has 0 unspecified atom stereocenters. The lowest BCUT2D eigenvalue weighted by molar-refractivity contribution is 0.304. The van der Waals surface area contributed by atoms with Gasteiger partial charge in [0, 0.05) is 6.21 Å². The van der Waals surface area contributed by atoms with Gasteiger partial charge in [0.25, 0.3) is 0 Å². The molecule has 128 valence electrons. The molecule has 0 saturated heterocycles. The quantitative estimate of drug-likeness (QED) is 0.437. The van der Waals surface area contributed by atoms with Crippen molar-refractivity contribution in [3.05, 3.63) is 54.1 Å². The summed E-state index contributed by atoms with van der Waals surface area (Å²) in [5, 5.41) is 9.26. The maximum atomic E-state index is 9.26. The van der Waals surface area contributed by atoms with Gasteiger partial charge in [-0.2, -0.15) is 0 Å². The van der Waals surface area contributed by atoms with E-state index in [0.717, 1.165) is 30.0 Å². The summed E-state index contributed by atoms with van der Waals surface area (Å²) in [6, 6.07) is 14.8. The van der Waals surface area contributed by atoms with Crippen LogP contribution in [0.2, 0.25) is 0 Å². The number of benzene rings is 2. The smallest absolute Gasteiger partial charge is 0.119 e. The van der Waals surface area contributed by atoms with Gasteiger partial charge in [0.1, 0.15) is 11.5 Å². The van der Waals surface area contributed by atoms with Gasteiger partial charge in [0.2, 0.25) is 0 Å². The number of phenols is 1. The molecule has 2 aromatic carbocycles. The number of ether oxygens (including phenoxy) is 1. The Balaban J connectivity index is 1.71. The summed E-state index contributed by atoms with van der Waals surface area (Å²) in [5.41, 5.74) is 1.84. The molecule has 24 heavy (non-hydrogen) atoms. The lowest BCUT2D eigenvalue weighted by Crippen LogP contribution is -1.96. The standard InChI is InChI=1S/C21H27NO2/c1-2-3-4-5-6-7-16-24-21-14-10-19(11-15-21)22-17-18-8-12-20(23)13-9-18/h8-15,17,23H,2-7,16H2,1H3. The van der Waals surface area contributed by atoms with Gasteiger partial charge >= 0.3 is 0 Å². The van der Waals surface area contributed by atoms with Gasteiger partial charge in [-0.15, -0.1) is 0 Å². The molecule has 1 N–H and O–H groups in total. The lowest BCUT2D eigenvalue weighted by atomic mass is 10.1. The topological polar surface area (TPSA) is 41.8 Å². The van der Waals surface area contributed by atoms with Crippen molar-refractivity contribution in [2.45, 2.75) is 45.4 Å². The van der Waals surface area contributed by atoms with E-state index < -0.39 is 0 Å². The number of aromatic hydroxyl groups is 1. The molecule has 0 amide bonds. The van der Waals surface area contributed by atoms with Crippen LogP contribution in [0.4, 0.5) is 5.69 Å². The molecule has 0 fully saturated rings. The van der Waals surface area contributed by atoms with Gasteiger partial charge in [0.05, 0.1) is 12.3 Å². The summed E-state index contributed by atoms with van der Waals surface area (Å²) >= 11 is 0. The maximum Gasteiger partial charge on any atom is 0.119 e. The summed E-state index contributed by atoms with van der Waals surface area (Å²) in [6.07, 6.45) is 9.42. The fourth-order valence-electron chi connectivity index (χ4n) is 2.41. The molecular weight excluding hydrogens is 298 g/mol. The first-order chi connectivity index (χ1) is 11.8. The second kappa shape index (κ2) is 10.5. The molecule has 0 spiro atoms. The number of rotatable bonds is 10. The monoisotopic (exact) mass is 325 g/mol. The number of nitrogens with zero attached hydrogens (tertiary/aromatic N) is 1. The number of phenolic OH excluding ortho intramolecular Hbond substituents is 1. The van der Waals surface area contributed by atoms with E-state index in [4.69, 9.17) is 4.74 Å². The largest absolute Gasteiger partial charge is 0.508 e. The van der Waals surface area contributed by atoms with Crippen molar-refractivity contribution in [2.75, 3.05) is 6.61 Å². The summed E-state index contributed by atoms with van der Waals surface area (Å²) < 4.78 is 5.76. The van der Waals surface area contributed by atoms with E-state index in [-0.39, 0.29) is 5.75 Å². The van der Waals surface area contributed by atoms with E-state index >= 15 is 0 Å². The van der Waals surface area contributed by atoms with Crippen LogP contribution >= 0.6 is 0 Å². The molecule has 2 rings (SSSR count). The van der Waals surface area contributed by atoms with Crippen molar-refractivity contribution in [2.24, 2.45) is 4.99 Å². The third-order valence-corrected chi connectivity index (χ3v) is 3.86. The molecule has 0 radical (unpaired) electrons. The van der Waals surface area contributed by atoms with Crippen LogP contribution in [0.25, 0.3) is 0 Å². The van der Waals surface area contributed by atoms with E-state index in [1.807, 2.05) is 36.4 Å². The van der Waals surface area contributed by atoms with Crippen LogP contribution < -0.4 is 4.74 Å². The average molecular weight is 325 g/mol. The minimum absolute atomic E-state index is 0.263. The molecule has 0 heterocycles. The summed E-state index contributed by atoms with van der Waals surface area (Å²) in [5.74, 6) is 1.16. The van der Waals surface area contributed by atoms with E-state index in [1.54, 1.807) is 18.3 Å². The van der Waals surface area contributed by atoms with Gasteiger partial charge in [0.15, 0.2) is 0 Å². The third kappa shape index (κ3) is 6.86. The van der Waals surface area contributed by atoms with E-state index in [2.05, 4.69) is 11.9 Å². The van der Waals surface area contributed by atoms with Crippen molar-refractivity contribution in [3.63, 3.8) is 0 Å². The SMILES string of the molecule is CCCCCCCCOc1ccc(N=Cc2ccc(O)cc2)cc1. The minimum Gasteiger partial charge on any atom is -0.508 e. The Kier molecular flexibility index (Phi) is 7.88. The number of unbranched alkanes of at least 4 members (excludes halogenated alkanes) is 5. The number of hydrogen-bond acceptors (Lipinski definition) is 3. The molecule has 0 bridgehead atoms. The van der Waals surface area contributed by atoms with Crippen molar-refractivity contribution < 1.29 is 9.84 Å². The number of hydrogen-bond donors (Lipinski definition) is 1. The fourth-order valence-corrected chi connectivity index (χ4v) is 2.41. The highest BCUT2D eigenvalue weighted by Crippen LogP contribution is 2.19. The van der Waals surface area contributed by atoms with Crippen molar-refractivity contribution in [1.29, 1.82) is 0 Å². The molecule has 0 aliphatic rings. The fraction of sp³-hybridized carbons (Fsp3) is 0.381. The second-order valence-corrected chi connectivity index (χ2v) is 5.96. The van der Waals surface area contributed by atoms with E-state index in [1.165, 1.54) is 32.1 Å². The van der Waals surface area contributed by atoms with Gasteiger partial charge in [-0.25, -0.2) is 0 Å². The minimum atomic E-state index is 0.263. The van der Waals surface area contributed by atoms with Crippen molar-refractivity contribution >= 4 is 11.9 Å². The Morgan fingerprint density at radius 3 is 2.25 bits per heavy atom. The van der Waals surface area contributed by atoms with Crippen LogP contribution in [0.1, 0.15) is 51.0 Å². The Hall–Kier alpha value is -2.29. The first-order valence-corrected chi connectivity index (χ1v) is 8.84. The Morgan fingerprint density at radius 2 is 1.54 bits per heavy atom. The molecule has 3 heteroatoms. The Labute approximate surface area is 145 Å². The van der Waals surface area contributed by atoms with Gasteiger partial charge in [-0.1, -0.05) is 39.0 Å². The van der Waals surface area contributed by atoms with Crippen LogP contribution in [0.5, 0.6) is 11.5 Å². The first-order valence-electron chi connectivity index (χ1n) is 8.84. The molecule has 3 nitrogen and oxygen atoms in total. The van der Waals surface area contributed by atoms with Crippen molar-refractivity contribution in [3.8, 4) is 11.5 Å². The lowest BCUT2D eigenvalue weighted by Gasteiger charge is -2.06. The predicted molar refractivity (Wildman–Crippen MR) is 101 cm³/mol. The molecule has 0 aliphatic carbocycles. The van der Waals surface area contributed by atoms with E-state index in [9.17, 15) is 5.11 Å². The van der Waals surface area contributed by atoms with Crippen LogP contribution in [-0.4, -0.2) is 17.9 Å². The second-order valence-electron chi connectivity index (χ2n) is 5.96. The summed E-state index contributed by atoms with van der Waals surface area (Å²) in [7, 11) is 0. The highest BCUT2D eigenvalue weighted by atomic mass is 16.5. The maximum absolute atomic E-state index is 9.26. The van der Waals surface area contributed by atoms with Crippen LogP contribution in [0.15, 0.2) is 53.5 Å². The van der Waals surface area contributed by atoms with Crippen LogP contribution in [-0.2, 0) is 0 Å². The zero-order valence-electron chi connectivity index (χ0n) is 14.4. The predicted octanol–water partition coefficient (Wildman–Crippen LogP) is 5.88. The molecule has 0 atom stereocenters. The van der Waals surface area contributed by atoms with Gasteiger partial charge in [-0.3, -0.25) is 4.99 Å². The normalized spacial score (nSPS) is 11.0. The molecular formula is C21H27NO2. The van der Waals surface area contributed by atoms with Crippen LogP contribution in [0.3, 0.4) is 0 Å². The van der Waals surface area contributed by atoms with Gasteiger partial charge < -0.3 is 9.84 Å². The summed E-state index contributed by atoms with van der Waals surface area (Å²) in [4.78, 5) is 4.42. The molecule has 2 aromatic rings. The molecule has 0 saturated carbocycles. The zero-order chi connectivity index (χ0) is 17.0. The summed E-state index contributed by atoms with van der Waals surface area (Å²) in [6.45, 7) is 3.02. The highest BCUT2D eigenvalue weighted by Gasteiger charge is 1.96. The van der Waals surface area contributed by atoms with E-state index in [0.29, 0.717) is 0 Å². The Bertz CT molecular complexity index is 603. The molecule has 0 aromatic heterocycles.